The summed E-state index contributed by atoms with van der Waals surface area (Å²) in [4.78, 5) is 26.5. The van der Waals surface area contributed by atoms with E-state index in [-0.39, 0.29) is 18.2 Å². The van der Waals surface area contributed by atoms with Crippen LogP contribution >= 0.6 is 0 Å². The van der Waals surface area contributed by atoms with Crippen LogP contribution in [-0.4, -0.2) is 28.6 Å². The zero-order valence-electron chi connectivity index (χ0n) is 22.1. The number of nitrogens with zero attached hydrogens (tertiary/aromatic N) is 6. The average Bonchev–Trinajstić information content (AvgIpc) is 3.05. The smallest absolute Gasteiger partial charge is 0.317 e. The van der Waals surface area contributed by atoms with Crippen molar-refractivity contribution in [3.8, 4) is 6.01 Å². The van der Waals surface area contributed by atoms with Crippen molar-refractivity contribution in [1.29, 1.82) is 0 Å². The number of fused-ring (bicyclic) bond motifs is 1. The summed E-state index contributed by atoms with van der Waals surface area (Å²) in [5.74, 6) is -3.86. The van der Waals surface area contributed by atoms with Gasteiger partial charge in [-0.1, -0.05) is 48.5 Å². The van der Waals surface area contributed by atoms with E-state index in [0.29, 0.717) is 34.6 Å². The molecule has 1 N–H and O–H groups in total. The van der Waals surface area contributed by atoms with Gasteiger partial charge in [-0.05, 0) is 42.2 Å². The Balaban J connectivity index is 1.72. The number of hydrogen-bond acceptors (Lipinski definition) is 6. The van der Waals surface area contributed by atoms with E-state index in [1.807, 2.05) is 0 Å². The van der Waals surface area contributed by atoms with E-state index < -0.39 is 47.2 Å². The molecule has 1 amide bonds. The zero-order chi connectivity index (χ0) is 29.1. The largest absolute Gasteiger partial charge is 0.451 e. The third kappa shape index (κ3) is 5.30. The molecule has 0 bridgehead atoms. The molecule has 0 fully saturated rings. The van der Waals surface area contributed by atoms with E-state index in [1.54, 1.807) is 74.5 Å². The van der Waals surface area contributed by atoms with Crippen molar-refractivity contribution in [3.63, 3.8) is 0 Å². The Labute approximate surface area is 233 Å². The quantitative estimate of drug-likeness (QED) is 0.180. The summed E-state index contributed by atoms with van der Waals surface area (Å²) in [7, 11) is 0. The van der Waals surface area contributed by atoms with Crippen molar-refractivity contribution in [2.75, 3.05) is 11.4 Å². The van der Waals surface area contributed by atoms with Crippen LogP contribution in [0.1, 0.15) is 28.1 Å². The molecule has 1 aromatic heterocycles. The fourth-order valence-electron chi connectivity index (χ4n) is 5.05. The van der Waals surface area contributed by atoms with Crippen LogP contribution < -0.4 is 15.0 Å². The highest BCUT2D eigenvalue weighted by molar-refractivity contribution is 5.97. The van der Waals surface area contributed by atoms with Crippen LogP contribution in [-0.2, 0) is 16.9 Å². The van der Waals surface area contributed by atoms with E-state index in [9.17, 15) is 23.5 Å². The van der Waals surface area contributed by atoms with Crippen molar-refractivity contribution in [3.05, 3.63) is 129 Å². The first-order valence-electron chi connectivity index (χ1n) is 12.6. The lowest BCUT2D eigenvalue weighted by atomic mass is 9.80. The Morgan fingerprint density at radius 1 is 1.02 bits per heavy atom. The number of azide groups is 1. The van der Waals surface area contributed by atoms with Crippen LogP contribution in [0.4, 0.5) is 18.9 Å². The molecule has 0 saturated heterocycles. The normalized spacial score (nSPS) is 17.3. The number of ether oxygens (including phenoxy) is 1. The molecule has 0 saturated carbocycles. The predicted octanol–water partition coefficient (Wildman–Crippen LogP) is 5.61. The standard InChI is InChI=1S/C29H24F3N7O2/c1-17-12-18(2)36-28(35-17)41-27(37-38-33)29(19-8-4-3-5-9-19)22-10-6-7-11-25(22)39(26(40)15-34-29)16-21-23(31)13-20(30)14-24(21)32/h3-14,27,34H,15-16H2,1-2H3/t27-,29-/m0/s1. The molecule has 0 aliphatic carbocycles. The molecular formula is C29H24F3N7O2. The molecule has 41 heavy (non-hydrogen) atoms. The Morgan fingerprint density at radius 2 is 1.66 bits per heavy atom. The van der Waals surface area contributed by atoms with Gasteiger partial charge in [-0.2, -0.15) is 0 Å². The molecule has 12 heteroatoms. The maximum atomic E-state index is 14.7. The fourth-order valence-corrected chi connectivity index (χ4v) is 5.05. The second kappa shape index (κ2) is 11.3. The lowest BCUT2D eigenvalue weighted by Gasteiger charge is -2.39. The molecule has 0 spiro atoms. The molecule has 2 heterocycles. The number of hydrogen-bond donors (Lipinski definition) is 1. The SMILES string of the molecule is Cc1cc(C)nc(O[C@H](N=[N+]=[N-])[C@@]2(c3ccccc3)NCC(=O)N(Cc3c(F)cc(F)cc3F)c3ccccc32)n1. The van der Waals surface area contributed by atoms with Gasteiger partial charge in [-0.3, -0.25) is 10.1 Å². The molecule has 9 nitrogen and oxygen atoms in total. The van der Waals surface area contributed by atoms with Crippen LogP contribution in [0.2, 0.25) is 0 Å². The first-order chi connectivity index (χ1) is 19.7. The third-order valence-corrected chi connectivity index (χ3v) is 6.80. The number of amides is 1. The highest BCUT2D eigenvalue weighted by Crippen LogP contribution is 2.43. The van der Waals surface area contributed by atoms with Gasteiger partial charge in [0.25, 0.3) is 0 Å². The van der Waals surface area contributed by atoms with Gasteiger partial charge in [-0.25, -0.2) is 23.1 Å². The number of aryl methyl sites for hydroxylation is 2. The number of halogens is 3. The summed E-state index contributed by atoms with van der Waals surface area (Å²) >= 11 is 0. The highest BCUT2D eigenvalue weighted by Gasteiger charge is 2.48. The molecule has 208 valence electrons. The van der Waals surface area contributed by atoms with Crippen LogP contribution in [0.25, 0.3) is 10.4 Å². The van der Waals surface area contributed by atoms with Crippen molar-refractivity contribution in [2.24, 2.45) is 5.11 Å². The van der Waals surface area contributed by atoms with Crippen LogP contribution in [0, 0.1) is 31.3 Å². The third-order valence-electron chi connectivity index (χ3n) is 6.80. The molecule has 5 rings (SSSR count). The maximum absolute atomic E-state index is 14.7. The van der Waals surface area contributed by atoms with Crippen molar-refractivity contribution in [1.82, 2.24) is 15.3 Å². The Hall–Kier alpha value is -4.93. The molecule has 1 aliphatic heterocycles. The van der Waals surface area contributed by atoms with E-state index in [0.717, 1.165) is 0 Å². The van der Waals surface area contributed by atoms with Gasteiger partial charge in [0.2, 0.25) is 12.1 Å². The summed E-state index contributed by atoms with van der Waals surface area (Å²) in [5, 5.41) is 7.21. The monoisotopic (exact) mass is 559 g/mol. The molecular weight excluding hydrogens is 535 g/mol. The van der Waals surface area contributed by atoms with E-state index in [2.05, 4.69) is 25.3 Å². The lowest BCUT2D eigenvalue weighted by Crippen LogP contribution is -2.54. The van der Waals surface area contributed by atoms with E-state index in [1.165, 1.54) is 4.90 Å². The second-order valence-corrected chi connectivity index (χ2v) is 9.48. The molecule has 3 aromatic carbocycles. The summed E-state index contributed by atoms with van der Waals surface area (Å²) in [5.41, 5.74) is 10.2. The van der Waals surface area contributed by atoms with Gasteiger partial charge >= 0.3 is 6.01 Å². The molecule has 0 radical (unpaired) electrons. The maximum Gasteiger partial charge on any atom is 0.317 e. The van der Waals surface area contributed by atoms with Gasteiger partial charge in [0.05, 0.1) is 13.1 Å². The highest BCUT2D eigenvalue weighted by atomic mass is 19.1. The summed E-state index contributed by atoms with van der Waals surface area (Å²) < 4.78 is 49.2. The first-order valence-corrected chi connectivity index (χ1v) is 12.6. The van der Waals surface area contributed by atoms with E-state index in [4.69, 9.17) is 4.74 Å². The number of benzene rings is 3. The summed E-state index contributed by atoms with van der Waals surface area (Å²) in [6, 6.07) is 18.4. The minimum atomic E-state index is -1.49. The summed E-state index contributed by atoms with van der Waals surface area (Å²) in [6.45, 7) is 2.66. The van der Waals surface area contributed by atoms with Crippen LogP contribution in [0.5, 0.6) is 6.01 Å². The van der Waals surface area contributed by atoms with Crippen molar-refractivity contribution >= 4 is 11.6 Å². The van der Waals surface area contributed by atoms with Crippen LogP contribution in [0.3, 0.4) is 0 Å². The van der Waals surface area contributed by atoms with Gasteiger partial charge in [0.15, 0.2) is 0 Å². The number of rotatable bonds is 7. The molecule has 0 unspecified atom stereocenters. The number of aromatic nitrogens is 2. The molecule has 1 aliphatic rings. The number of para-hydroxylation sites is 1. The number of carbonyl (C=O) groups is 1. The van der Waals surface area contributed by atoms with Gasteiger partial charge in [0, 0.05) is 45.2 Å². The molecule has 4 aromatic rings. The topological polar surface area (TPSA) is 116 Å². The predicted molar refractivity (Wildman–Crippen MR) is 144 cm³/mol. The zero-order valence-corrected chi connectivity index (χ0v) is 22.1. The lowest BCUT2D eigenvalue weighted by molar-refractivity contribution is -0.118. The van der Waals surface area contributed by atoms with Crippen LogP contribution in [0.15, 0.2) is 77.9 Å². The van der Waals surface area contributed by atoms with Crippen molar-refractivity contribution < 1.29 is 22.7 Å². The average molecular weight is 560 g/mol. The summed E-state index contributed by atoms with van der Waals surface area (Å²) in [6.07, 6.45) is -1.37. The number of nitrogens with one attached hydrogen (secondary N) is 1. The Bertz CT molecular complexity index is 1620. The number of carbonyl (C=O) groups excluding carboxylic acids is 1. The minimum absolute atomic E-state index is 0.0441. The van der Waals surface area contributed by atoms with E-state index >= 15 is 0 Å². The Kier molecular flexibility index (Phi) is 7.60. The van der Waals surface area contributed by atoms with Crippen molar-refractivity contribution in [2.45, 2.75) is 32.2 Å². The fraction of sp³-hybridized carbons (Fsp3) is 0.207. The number of anilines is 1. The van der Waals surface area contributed by atoms with Gasteiger partial charge < -0.3 is 9.64 Å². The Morgan fingerprint density at radius 3 is 2.32 bits per heavy atom. The van der Waals surface area contributed by atoms with Gasteiger partial charge in [-0.15, -0.1) is 0 Å². The second-order valence-electron chi connectivity index (χ2n) is 9.48. The molecule has 2 atom stereocenters. The minimum Gasteiger partial charge on any atom is -0.451 e. The first kappa shape index (κ1) is 27.6. The van der Waals surface area contributed by atoms with Gasteiger partial charge in [0.1, 0.15) is 23.0 Å².